The maximum absolute atomic E-state index is 12.1. The van der Waals surface area contributed by atoms with E-state index in [1.54, 1.807) is 0 Å². The number of hydrogen-bond acceptors (Lipinski definition) is 3. The van der Waals surface area contributed by atoms with Crippen LogP contribution in [0.2, 0.25) is 0 Å². The molecule has 3 aliphatic rings. The van der Waals surface area contributed by atoms with Crippen molar-refractivity contribution in [1.82, 2.24) is 9.80 Å². The zero-order valence-electron chi connectivity index (χ0n) is 10.5. The Balaban J connectivity index is 1.51. The normalized spacial score (nSPS) is 29.6. The van der Waals surface area contributed by atoms with Crippen LogP contribution < -0.4 is 5.73 Å². The summed E-state index contributed by atoms with van der Waals surface area (Å²) in [6, 6.07) is 0.717. The van der Waals surface area contributed by atoms with E-state index in [1.807, 2.05) is 4.90 Å². The summed E-state index contributed by atoms with van der Waals surface area (Å²) in [5.41, 5.74) is 5.50. The smallest absolute Gasteiger partial charge is 0.242 e. The zero-order valence-corrected chi connectivity index (χ0v) is 10.5. The summed E-state index contributed by atoms with van der Waals surface area (Å²) < 4.78 is 0. The highest BCUT2D eigenvalue weighted by molar-refractivity contribution is 5.89. The van der Waals surface area contributed by atoms with Crippen molar-refractivity contribution in [2.75, 3.05) is 26.2 Å². The molecule has 0 atom stereocenters. The Bertz CT molecular complexity index is 300. The van der Waals surface area contributed by atoms with Gasteiger partial charge in [-0.15, -0.1) is 0 Å². The van der Waals surface area contributed by atoms with Gasteiger partial charge in [-0.2, -0.15) is 0 Å². The van der Waals surface area contributed by atoms with E-state index in [-0.39, 0.29) is 5.91 Å². The molecular weight excluding hydrogens is 214 g/mol. The third-order valence-electron chi connectivity index (χ3n) is 4.62. The maximum atomic E-state index is 12.1. The summed E-state index contributed by atoms with van der Waals surface area (Å²) in [4.78, 5) is 16.7. The van der Waals surface area contributed by atoms with Crippen molar-refractivity contribution in [3.63, 3.8) is 0 Å². The highest BCUT2D eigenvalue weighted by Crippen LogP contribution is 2.35. The predicted molar refractivity (Wildman–Crippen MR) is 66.6 cm³/mol. The number of rotatable bonds is 2. The first kappa shape index (κ1) is 11.5. The van der Waals surface area contributed by atoms with Crippen molar-refractivity contribution in [2.24, 2.45) is 5.73 Å². The topological polar surface area (TPSA) is 49.6 Å². The first-order valence-electron chi connectivity index (χ1n) is 7.01. The van der Waals surface area contributed by atoms with Crippen LogP contribution in [0.15, 0.2) is 0 Å². The molecule has 0 radical (unpaired) electrons. The first-order valence-corrected chi connectivity index (χ1v) is 7.01. The molecule has 2 aliphatic heterocycles. The zero-order chi connectivity index (χ0) is 11.9. The van der Waals surface area contributed by atoms with Gasteiger partial charge in [0, 0.05) is 19.1 Å². The van der Waals surface area contributed by atoms with Crippen molar-refractivity contribution in [1.29, 1.82) is 0 Å². The van der Waals surface area contributed by atoms with Gasteiger partial charge in [0.05, 0.1) is 5.54 Å². The molecule has 3 fully saturated rings. The standard InChI is InChI=1S/C13H23N3O/c14-13(5-6-13)12(17)16-9-3-11(4-10-16)15-7-1-2-8-15/h11H,1-10,14H2. The molecule has 17 heavy (non-hydrogen) atoms. The number of carbonyl (C=O) groups is 1. The van der Waals surface area contributed by atoms with E-state index >= 15 is 0 Å². The lowest BCUT2D eigenvalue weighted by Gasteiger charge is -2.37. The second-order valence-electron chi connectivity index (χ2n) is 5.92. The summed E-state index contributed by atoms with van der Waals surface area (Å²) in [6.45, 7) is 4.36. The highest BCUT2D eigenvalue weighted by Gasteiger charge is 2.48. The molecule has 0 aromatic rings. The molecule has 4 heteroatoms. The van der Waals surface area contributed by atoms with Crippen LogP contribution >= 0.6 is 0 Å². The molecule has 0 unspecified atom stereocenters. The van der Waals surface area contributed by atoms with E-state index in [0.717, 1.165) is 44.8 Å². The summed E-state index contributed by atoms with van der Waals surface area (Å²) in [6.07, 6.45) is 6.76. The molecule has 3 rings (SSSR count). The monoisotopic (exact) mass is 237 g/mol. The molecule has 1 amide bonds. The van der Waals surface area contributed by atoms with Gasteiger partial charge in [-0.1, -0.05) is 0 Å². The third kappa shape index (κ3) is 2.20. The van der Waals surface area contributed by atoms with Crippen LogP contribution in [0.5, 0.6) is 0 Å². The molecule has 96 valence electrons. The van der Waals surface area contributed by atoms with E-state index in [0.29, 0.717) is 0 Å². The highest BCUT2D eigenvalue weighted by atomic mass is 16.2. The van der Waals surface area contributed by atoms with E-state index < -0.39 is 5.54 Å². The number of nitrogens with two attached hydrogens (primary N) is 1. The predicted octanol–water partition coefficient (Wildman–Crippen LogP) is 0.564. The molecule has 0 spiro atoms. The Morgan fingerprint density at radius 2 is 1.65 bits per heavy atom. The van der Waals surface area contributed by atoms with E-state index in [4.69, 9.17) is 5.73 Å². The number of nitrogens with zero attached hydrogens (tertiary/aromatic N) is 2. The number of carbonyl (C=O) groups excluding carboxylic acids is 1. The van der Waals surface area contributed by atoms with Gasteiger partial charge in [0.25, 0.3) is 0 Å². The van der Waals surface area contributed by atoms with Crippen LogP contribution in [0.3, 0.4) is 0 Å². The molecule has 0 aromatic heterocycles. The average molecular weight is 237 g/mol. The lowest BCUT2D eigenvalue weighted by Crippen LogP contribution is -2.51. The fraction of sp³-hybridized carbons (Fsp3) is 0.923. The lowest BCUT2D eigenvalue weighted by atomic mass is 10.0. The van der Waals surface area contributed by atoms with Gasteiger partial charge in [-0.05, 0) is 51.6 Å². The second-order valence-corrected chi connectivity index (χ2v) is 5.92. The summed E-state index contributed by atoms with van der Waals surface area (Å²) in [5.74, 6) is 0.206. The Morgan fingerprint density at radius 1 is 1.06 bits per heavy atom. The number of amides is 1. The first-order chi connectivity index (χ1) is 8.19. The molecule has 2 N–H and O–H groups in total. The number of piperidine rings is 1. The number of likely N-dealkylation sites (tertiary alicyclic amines) is 2. The van der Waals surface area contributed by atoms with Gasteiger partial charge in [0.2, 0.25) is 5.91 Å². The van der Waals surface area contributed by atoms with Crippen LogP contribution in [0, 0.1) is 0 Å². The van der Waals surface area contributed by atoms with Gasteiger partial charge >= 0.3 is 0 Å². The van der Waals surface area contributed by atoms with Crippen LogP contribution in [0.4, 0.5) is 0 Å². The van der Waals surface area contributed by atoms with Gasteiger partial charge in [0.15, 0.2) is 0 Å². The Morgan fingerprint density at radius 3 is 2.18 bits per heavy atom. The summed E-state index contributed by atoms with van der Waals surface area (Å²) in [5, 5.41) is 0. The van der Waals surface area contributed by atoms with Crippen LogP contribution in [0.1, 0.15) is 38.5 Å². The van der Waals surface area contributed by atoms with Crippen molar-refractivity contribution >= 4 is 5.91 Å². The molecule has 2 saturated heterocycles. The lowest BCUT2D eigenvalue weighted by molar-refractivity contribution is -0.135. The van der Waals surface area contributed by atoms with Crippen molar-refractivity contribution in [2.45, 2.75) is 50.1 Å². The SMILES string of the molecule is NC1(C(=O)N2CCC(N3CCCC3)CC2)CC1. The van der Waals surface area contributed by atoms with Crippen LogP contribution in [0.25, 0.3) is 0 Å². The Hall–Kier alpha value is -0.610. The summed E-state index contributed by atoms with van der Waals surface area (Å²) in [7, 11) is 0. The maximum Gasteiger partial charge on any atom is 0.242 e. The molecular formula is C13H23N3O. The van der Waals surface area contributed by atoms with Gasteiger partial charge < -0.3 is 15.5 Å². The van der Waals surface area contributed by atoms with E-state index in [1.165, 1.54) is 25.9 Å². The molecule has 4 nitrogen and oxygen atoms in total. The fourth-order valence-corrected chi connectivity index (χ4v) is 3.20. The minimum absolute atomic E-state index is 0.206. The average Bonchev–Trinajstić information content (AvgIpc) is 2.91. The Labute approximate surface area is 103 Å². The van der Waals surface area contributed by atoms with Crippen LogP contribution in [-0.4, -0.2) is 53.5 Å². The third-order valence-corrected chi connectivity index (χ3v) is 4.62. The second kappa shape index (κ2) is 4.25. The van der Waals surface area contributed by atoms with Gasteiger partial charge in [0.1, 0.15) is 0 Å². The van der Waals surface area contributed by atoms with Crippen molar-refractivity contribution in [3.05, 3.63) is 0 Å². The molecule has 1 aliphatic carbocycles. The number of hydrogen-bond donors (Lipinski definition) is 1. The van der Waals surface area contributed by atoms with E-state index in [2.05, 4.69) is 4.90 Å². The molecule has 2 heterocycles. The van der Waals surface area contributed by atoms with Crippen LogP contribution in [-0.2, 0) is 4.79 Å². The molecule has 0 bridgehead atoms. The summed E-state index contributed by atoms with van der Waals surface area (Å²) >= 11 is 0. The van der Waals surface area contributed by atoms with Crippen molar-refractivity contribution < 1.29 is 4.79 Å². The fourth-order valence-electron chi connectivity index (χ4n) is 3.20. The van der Waals surface area contributed by atoms with Crippen molar-refractivity contribution in [3.8, 4) is 0 Å². The molecule has 1 saturated carbocycles. The largest absolute Gasteiger partial charge is 0.341 e. The van der Waals surface area contributed by atoms with Gasteiger partial charge in [-0.25, -0.2) is 0 Å². The minimum Gasteiger partial charge on any atom is -0.341 e. The van der Waals surface area contributed by atoms with Gasteiger partial charge in [-0.3, -0.25) is 4.79 Å². The minimum atomic E-state index is -0.472. The van der Waals surface area contributed by atoms with E-state index in [9.17, 15) is 4.79 Å². The quantitative estimate of drug-likeness (QED) is 0.763. The Kier molecular flexibility index (Phi) is 2.87. The molecule has 0 aromatic carbocycles.